The topological polar surface area (TPSA) is 0 Å². The van der Waals surface area contributed by atoms with Crippen molar-refractivity contribution in [3.8, 4) is 0 Å². The van der Waals surface area contributed by atoms with Crippen molar-refractivity contribution in [3.05, 3.63) is 35.4 Å². The predicted molar refractivity (Wildman–Crippen MR) is 50.4 cm³/mol. The molecule has 3 heteroatoms. The Morgan fingerprint density at radius 2 is 2.00 bits per heavy atom. The molecule has 0 saturated carbocycles. The molecule has 60 valence electrons. The molecule has 0 amide bonds. The van der Waals surface area contributed by atoms with Gasteiger partial charge in [-0.05, 0) is 11.1 Å². The average Bonchev–Trinajstić information content (AvgIpc) is 2.05. The van der Waals surface area contributed by atoms with Crippen LogP contribution in [0.15, 0.2) is 24.3 Å². The van der Waals surface area contributed by atoms with Crippen LogP contribution >= 0.6 is 34.8 Å². The van der Waals surface area contributed by atoms with Gasteiger partial charge in [-0.2, -0.15) is 0 Å². The highest BCUT2D eigenvalue weighted by atomic mass is 35.5. The first-order valence-corrected chi connectivity index (χ1v) is 4.57. The number of alkyl halides is 3. The molecule has 0 radical (unpaired) electrons. The number of benzene rings is 1. The summed E-state index contributed by atoms with van der Waals surface area (Å²) in [6.07, 6.45) is 0. The van der Waals surface area contributed by atoms with E-state index in [2.05, 4.69) is 0 Å². The van der Waals surface area contributed by atoms with Crippen molar-refractivity contribution >= 4 is 34.8 Å². The number of rotatable bonds is 2. The smallest absolute Gasteiger partial charge is 0.122 e. The largest absolute Gasteiger partial charge is 0.132 e. The molecule has 0 unspecified atom stereocenters. The molecule has 0 heterocycles. The molecule has 1 aromatic rings. The monoisotopic (exact) mass is 208 g/mol. The van der Waals surface area contributed by atoms with Gasteiger partial charge < -0.3 is 0 Å². The summed E-state index contributed by atoms with van der Waals surface area (Å²) < 4.78 is 0. The van der Waals surface area contributed by atoms with Crippen LogP contribution in [0.4, 0.5) is 0 Å². The molecule has 0 nitrogen and oxygen atoms in total. The van der Waals surface area contributed by atoms with Crippen LogP contribution in [0.2, 0.25) is 0 Å². The summed E-state index contributed by atoms with van der Waals surface area (Å²) in [6, 6.07) is 7.61. The fraction of sp³-hybridized carbons (Fsp3) is 0.250. The molecule has 0 aromatic heterocycles. The van der Waals surface area contributed by atoms with Crippen molar-refractivity contribution in [1.29, 1.82) is 0 Å². The van der Waals surface area contributed by atoms with Gasteiger partial charge in [-0.3, -0.25) is 0 Å². The van der Waals surface area contributed by atoms with Crippen LogP contribution in [0.1, 0.15) is 16.0 Å². The fourth-order valence-corrected chi connectivity index (χ4v) is 1.25. The first-order chi connectivity index (χ1) is 5.24. The molecule has 0 atom stereocenters. The van der Waals surface area contributed by atoms with E-state index in [1.165, 1.54) is 0 Å². The Bertz CT molecular complexity index is 233. The lowest BCUT2D eigenvalue weighted by Crippen LogP contribution is -1.83. The predicted octanol–water partition coefficient (Wildman–Crippen LogP) is 3.90. The van der Waals surface area contributed by atoms with Gasteiger partial charge in [0.15, 0.2) is 0 Å². The Labute approximate surface area is 81.1 Å². The first-order valence-electron chi connectivity index (χ1n) is 3.17. The van der Waals surface area contributed by atoms with Crippen LogP contribution in [0.5, 0.6) is 0 Å². The molecular formula is C8H7Cl3. The van der Waals surface area contributed by atoms with Crippen LogP contribution in [0.25, 0.3) is 0 Å². The van der Waals surface area contributed by atoms with E-state index in [-0.39, 0.29) is 0 Å². The third-order valence-corrected chi connectivity index (χ3v) is 2.17. The highest BCUT2D eigenvalue weighted by molar-refractivity contribution is 6.44. The van der Waals surface area contributed by atoms with E-state index in [1.54, 1.807) is 0 Å². The van der Waals surface area contributed by atoms with Crippen molar-refractivity contribution in [2.45, 2.75) is 10.7 Å². The van der Waals surface area contributed by atoms with Crippen LogP contribution < -0.4 is 0 Å². The van der Waals surface area contributed by atoms with Gasteiger partial charge in [-0.1, -0.05) is 24.3 Å². The summed E-state index contributed by atoms with van der Waals surface area (Å²) in [5.74, 6) is 0.494. The van der Waals surface area contributed by atoms with Crippen LogP contribution in [-0.2, 0) is 5.88 Å². The second kappa shape index (κ2) is 4.20. The van der Waals surface area contributed by atoms with Gasteiger partial charge in [0.2, 0.25) is 0 Å². The number of halogens is 3. The third kappa shape index (κ3) is 2.55. The van der Waals surface area contributed by atoms with E-state index < -0.39 is 4.84 Å². The minimum atomic E-state index is -0.460. The highest BCUT2D eigenvalue weighted by Crippen LogP contribution is 2.25. The maximum atomic E-state index is 5.65. The molecular weight excluding hydrogens is 202 g/mol. The van der Waals surface area contributed by atoms with Crippen LogP contribution in [0.3, 0.4) is 0 Å². The zero-order valence-electron chi connectivity index (χ0n) is 5.73. The molecule has 0 fully saturated rings. The third-order valence-electron chi connectivity index (χ3n) is 1.36. The Morgan fingerprint density at radius 1 is 1.27 bits per heavy atom. The van der Waals surface area contributed by atoms with Crippen molar-refractivity contribution in [3.63, 3.8) is 0 Å². The Kier molecular flexibility index (Phi) is 3.50. The standard InChI is InChI=1S/C8H7Cl3/c9-5-6-2-1-3-7(4-6)8(10)11/h1-4,8H,5H2. The average molecular weight is 210 g/mol. The summed E-state index contributed by atoms with van der Waals surface area (Å²) in [5.41, 5.74) is 1.93. The Hall–Kier alpha value is 0.0900. The minimum Gasteiger partial charge on any atom is -0.122 e. The summed E-state index contributed by atoms with van der Waals surface area (Å²) in [4.78, 5) is -0.460. The van der Waals surface area contributed by atoms with E-state index in [1.807, 2.05) is 24.3 Å². The molecule has 0 N–H and O–H groups in total. The first kappa shape index (κ1) is 9.18. The number of hydrogen-bond donors (Lipinski definition) is 0. The minimum absolute atomic E-state index is 0.460. The SMILES string of the molecule is ClCc1cccc(C(Cl)Cl)c1. The molecule has 0 spiro atoms. The van der Waals surface area contributed by atoms with Crippen molar-refractivity contribution in [2.75, 3.05) is 0 Å². The molecule has 0 aliphatic heterocycles. The van der Waals surface area contributed by atoms with Crippen LogP contribution in [-0.4, -0.2) is 0 Å². The van der Waals surface area contributed by atoms with E-state index in [4.69, 9.17) is 34.8 Å². The van der Waals surface area contributed by atoms with Gasteiger partial charge in [0.25, 0.3) is 0 Å². The summed E-state index contributed by atoms with van der Waals surface area (Å²) in [7, 11) is 0. The molecule has 0 aliphatic rings. The van der Waals surface area contributed by atoms with Gasteiger partial charge >= 0.3 is 0 Å². The molecule has 0 aliphatic carbocycles. The van der Waals surface area contributed by atoms with Crippen molar-refractivity contribution < 1.29 is 0 Å². The van der Waals surface area contributed by atoms with Crippen LogP contribution in [0, 0.1) is 0 Å². The summed E-state index contributed by atoms with van der Waals surface area (Å²) in [6.45, 7) is 0. The van der Waals surface area contributed by atoms with E-state index in [0.29, 0.717) is 5.88 Å². The van der Waals surface area contributed by atoms with E-state index in [0.717, 1.165) is 11.1 Å². The van der Waals surface area contributed by atoms with Gasteiger partial charge in [0.1, 0.15) is 4.84 Å². The molecule has 0 saturated heterocycles. The van der Waals surface area contributed by atoms with Gasteiger partial charge in [-0.25, -0.2) is 0 Å². The normalized spacial score (nSPS) is 10.5. The van der Waals surface area contributed by atoms with Crippen molar-refractivity contribution in [1.82, 2.24) is 0 Å². The molecule has 1 aromatic carbocycles. The lowest BCUT2D eigenvalue weighted by molar-refractivity contribution is 1.29. The summed E-state index contributed by atoms with van der Waals surface area (Å²) >= 11 is 16.9. The van der Waals surface area contributed by atoms with E-state index in [9.17, 15) is 0 Å². The zero-order valence-corrected chi connectivity index (χ0v) is 8.00. The zero-order chi connectivity index (χ0) is 8.27. The quantitative estimate of drug-likeness (QED) is 0.648. The Morgan fingerprint density at radius 3 is 2.55 bits per heavy atom. The molecule has 11 heavy (non-hydrogen) atoms. The maximum Gasteiger partial charge on any atom is 0.132 e. The molecule has 0 bridgehead atoms. The van der Waals surface area contributed by atoms with Crippen molar-refractivity contribution in [2.24, 2.45) is 0 Å². The van der Waals surface area contributed by atoms with Gasteiger partial charge in [-0.15, -0.1) is 34.8 Å². The lowest BCUT2D eigenvalue weighted by Gasteiger charge is -2.02. The molecule has 1 rings (SSSR count). The fourth-order valence-electron chi connectivity index (χ4n) is 0.812. The lowest BCUT2D eigenvalue weighted by atomic mass is 10.2. The highest BCUT2D eigenvalue weighted by Gasteiger charge is 2.02. The second-order valence-corrected chi connectivity index (χ2v) is 3.54. The second-order valence-electron chi connectivity index (χ2n) is 2.18. The number of hydrogen-bond acceptors (Lipinski definition) is 0. The van der Waals surface area contributed by atoms with Gasteiger partial charge in [0.05, 0.1) is 0 Å². The van der Waals surface area contributed by atoms with E-state index >= 15 is 0 Å². The maximum absolute atomic E-state index is 5.65. The summed E-state index contributed by atoms with van der Waals surface area (Å²) in [5, 5.41) is 0. The Balaban J connectivity index is 2.91. The van der Waals surface area contributed by atoms with Gasteiger partial charge in [0, 0.05) is 5.88 Å².